The second-order valence-electron chi connectivity index (χ2n) is 5.58. The molecule has 19 heavy (non-hydrogen) atoms. The molecule has 0 aromatic heterocycles. The van der Waals surface area contributed by atoms with E-state index in [9.17, 15) is 13.8 Å². The van der Waals surface area contributed by atoms with Gasteiger partial charge in [0.1, 0.15) is 11.6 Å². The summed E-state index contributed by atoms with van der Waals surface area (Å²) in [5, 5.41) is 2.94. The Morgan fingerprint density at radius 3 is 2.53 bits per heavy atom. The molecule has 1 heterocycles. The maximum atomic E-state index is 12.7. The molecule has 2 unspecified atom stereocenters. The first-order valence-electron chi connectivity index (χ1n) is 6.89. The van der Waals surface area contributed by atoms with Crippen LogP contribution < -0.4 is 5.32 Å². The lowest BCUT2D eigenvalue weighted by Gasteiger charge is -2.46. The first kappa shape index (κ1) is 14.5. The van der Waals surface area contributed by atoms with Crippen LogP contribution >= 0.6 is 0 Å². The van der Waals surface area contributed by atoms with Crippen molar-refractivity contribution in [3.63, 3.8) is 0 Å². The van der Waals surface area contributed by atoms with Crippen LogP contribution in [0.5, 0.6) is 0 Å². The third-order valence-electron chi connectivity index (χ3n) is 4.21. The molecule has 108 valence electrons. The highest BCUT2D eigenvalue weighted by atomic mass is 32.2. The van der Waals surface area contributed by atoms with Crippen LogP contribution in [-0.2, 0) is 20.4 Å². The summed E-state index contributed by atoms with van der Waals surface area (Å²) < 4.78 is 11.2. The van der Waals surface area contributed by atoms with E-state index in [1.165, 1.54) is 0 Å². The first-order valence-corrected chi connectivity index (χ1v) is 8.62. The highest BCUT2D eigenvalue weighted by Crippen LogP contribution is 2.33. The standard InChI is InChI=1S/C13H22N2O3S/c1-10-11(16)14-13(6-4-3-5-7-13)12(17)15(10)8-9-19(2)18/h10H,3-9H2,1-2H3,(H,14,16). The van der Waals surface area contributed by atoms with Gasteiger partial charge in [-0.2, -0.15) is 0 Å². The minimum atomic E-state index is -0.950. The van der Waals surface area contributed by atoms with Gasteiger partial charge < -0.3 is 10.2 Å². The zero-order valence-electron chi connectivity index (χ0n) is 11.6. The van der Waals surface area contributed by atoms with Crippen LogP contribution in [0.15, 0.2) is 0 Å². The fraction of sp³-hybridized carbons (Fsp3) is 0.846. The van der Waals surface area contributed by atoms with Gasteiger partial charge in [-0.1, -0.05) is 19.3 Å². The van der Waals surface area contributed by atoms with Gasteiger partial charge in [-0.15, -0.1) is 0 Å². The second kappa shape index (κ2) is 5.61. The molecule has 1 aliphatic carbocycles. The van der Waals surface area contributed by atoms with E-state index >= 15 is 0 Å². The van der Waals surface area contributed by atoms with Crippen LogP contribution in [0.4, 0.5) is 0 Å². The lowest BCUT2D eigenvalue weighted by Crippen LogP contribution is -2.70. The number of amides is 2. The van der Waals surface area contributed by atoms with Gasteiger partial charge in [0.05, 0.1) is 0 Å². The fourth-order valence-electron chi connectivity index (χ4n) is 3.00. The van der Waals surface area contributed by atoms with E-state index in [1.807, 2.05) is 0 Å². The van der Waals surface area contributed by atoms with Gasteiger partial charge in [-0.05, 0) is 19.8 Å². The fourth-order valence-corrected chi connectivity index (χ4v) is 3.46. The largest absolute Gasteiger partial charge is 0.340 e. The van der Waals surface area contributed by atoms with Crippen molar-refractivity contribution in [3.8, 4) is 0 Å². The number of carbonyl (C=O) groups is 2. The number of hydrogen-bond donors (Lipinski definition) is 1. The predicted octanol–water partition coefficient (Wildman–Crippen LogP) is 0.415. The number of rotatable bonds is 3. The third-order valence-corrected chi connectivity index (χ3v) is 4.96. The van der Waals surface area contributed by atoms with Gasteiger partial charge in [-0.3, -0.25) is 13.8 Å². The summed E-state index contributed by atoms with van der Waals surface area (Å²) >= 11 is 0. The number of piperazine rings is 1. The summed E-state index contributed by atoms with van der Waals surface area (Å²) in [4.78, 5) is 26.4. The molecule has 2 fully saturated rings. The molecule has 0 aromatic carbocycles. The molecule has 1 saturated carbocycles. The molecule has 1 saturated heterocycles. The summed E-state index contributed by atoms with van der Waals surface area (Å²) in [6, 6.07) is -0.455. The zero-order valence-corrected chi connectivity index (χ0v) is 12.4. The maximum absolute atomic E-state index is 12.7. The summed E-state index contributed by atoms with van der Waals surface area (Å²) in [6.45, 7) is 2.14. The third kappa shape index (κ3) is 2.83. The summed E-state index contributed by atoms with van der Waals surface area (Å²) in [5.41, 5.74) is -0.683. The summed E-state index contributed by atoms with van der Waals surface area (Å²) in [6.07, 6.45) is 6.17. The van der Waals surface area contributed by atoms with Crippen molar-refractivity contribution in [3.05, 3.63) is 0 Å². The van der Waals surface area contributed by atoms with E-state index in [2.05, 4.69) is 5.32 Å². The molecule has 1 aliphatic heterocycles. The van der Waals surface area contributed by atoms with Crippen molar-refractivity contribution in [2.75, 3.05) is 18.6 Å². The predicted molar refractivity (Wildman–Crippen MR) is 74.1 cm³/mol. The van der Waals surface area contributed by atoms with E-state index in [0.717, 1.165) is 32.1 Å². The molecule has 5 nitrogen and oxygen atoms in total. The van der Waals surface area contributed by atoms with Crippen LogP contribution in [0.1, 0.15) is 39.0 Å². The van der Waals surface area contributed by atoms with Gasteiger partial charge in [0.2, 0.25) is 11.8 Å². The molecule has 0 aromatic rings. The van der Waals surface area contributed by atoms with Crippen molar-refractivity contribution in [1.82, 2.24) is 10.2 Å². The normalized spacial score (nSPS) is 28.3. The monoisotopic (exact) mass is 286 g/mol. The SMILES string of the molecule is CC1C(=O)NC2(CCCCC2)C(=O)N1CCS(C)=O. The molecule has 2 amide bonds. The highest BCUT2D eigenvalue weighted by molar-refractivity contribution is 7.84. The van der Waals surface area contributed by atoms with Gasteiger partial charge in [0.15, 0.2) is 0 Å². The highest BCUT2D eigenvalue weighted by Gasteiger charge is 2.49. The smallest absolute Gasteiger partial charge is 0.249 e. The summed E-state index contributed by atoms with van der Waals surface area (Å²) in [7, 11) is -0.950. The quantitative estimate of drug-likeness (QED) is 0.817. The van der Waals surface area contributed by atoms with Crippen molar-refractivity contribution < 1.29 is 13.8 Å². The minimum absolute atomic E-state index is 0.0183. The molecule has 2 rings (SSSR count). The molecule has 0 radical (unpaired) electrons. The van der Waals surface area contributed by atoms with E-state index in [-0.39, 0.29) is 11.8 Å². The topological polar surface area (TPSA) is 66.5 Å². The Morgan fingerprint density at radius 2 is 1.95 bits per heavy atom. The Balaban J connectivity index is 2.18. The average Bonchev–Trinajstić information content (AvgIpc) is 2.37. The second-order valence-corrected chi connectivity index (χ2v) is 7.14. The van der Waals surface area contributed by atoms with Gasteiger partial charge >= 0.3 is 0 Å². The van der Waals surface area contributed by atoms with E-state index < -0.39 is 22.4 Å². The molecular weight excluding hydrogens is 264 g/mol. The molecule has 1 N–H and O–H groups in total. The zero-order chi connectivity index (χ0) is 14.0. The first-order chi connectivity index (χ1) is 8.96. The number of carbonyl (C=O) groups excluding carboxylic acids is 2. The Kier molecular flexibility index (Phi) is 4.28. The number of nitrogens with zero attached hydrogens (tertiary/aromatic N) is 1. The van der Waals surface area contributed by atoms with Gasteiger partial charge in [0, 0.05) is 29.4 Å². The molecule has 1 spiro atoms. The minimum Gasteiger partial charge on any atom is -0.340 e. The molecule has 6 heteroatoms. The van der Waals surface area contributed by atoms with Crippen molar-refractivity contribution in [2.24, 2.45) is 0 Å². The number of hydrogen-bond acceptors (Lipinski definition) is 3. The Labute approximate surface area is 116 Å². The van der Waals surface area contributed by atoms with Crippen LogP contribution in [0.25, 0.3) is 0 Å². The van der Waals surface area contributed by atoms with Crippen molar-refractivity contribution in [1.29, 1.82) is 0 Å². The van der Waals surface area contributed by atoms with E-state index in [1.54, 1.807) is 18.1 Å². The average molecular weight is 286 g/mol. The molecule has 2 atom stereocenters. The lowest BCUT2D eigenvalue weighted by atomic mass is 9.78. The van der Waals surface area contributed by atoms with E-state index in [4.69, 9.17) is 0 Å². The lowest BCUT2D eigenvalue weighted by molar-refractivity contribution is -0.155. The molecule has 2 aliphatic rings. The Bertz CT molecular complexity index is 405. The number of nitrogens with one attached hydrogen (secondary N) is 1. The van der Waals surface area contributed by atoms with Gasteiger partial charge in [0.25, 0.3) is 0 Å². The van der Waals surface area contributed by atoms with Crippen LogP contribution in [0.2, 0.25) is 0 Å². The van der Waals surface area contributed by atoms with Crippen LogP contribution in [0, 0.1) is 0 Å². The van der Waals surface area contributed by atoms with Crippen molar-refractivity contribution >= 4 is 22.6 Å². The van der Waals surface area contributed by atoms with Crippen LogP contribution in [0.3, 0.4) is 0 Å². The Morgan fingerprint density at radius 1 is 1.32 bits per heavy atom. The van der Waals surface area contributed by atoms with Gasteiger partial charge in [-0.25, -0.2) is 0 Å². The van der Waals surface area contributed by atoms with E-state index in [0.29, 0.717) is 12.3 Å². The Hall–Kier alpha value is -0.910. The molecular formula is C13H22N2O3S. The van der Waals surface area contributed by atoms with Crippen LogP contribution in [-0.4, -0.2) is 51.1 Å². The molecule has 0 bridgehead atoms. The maximum Gasteiger partial charge on any atom is 0.249 e. The van der Waals surface area contributed by atoms with Crippen molar-refractivity contribution in [2.45, 2.75) is 50.6 Å². The summed E-state index contributed by atoms with van der Waals surface area (Å²) in [5.74, 6) is 0.368.